The van der Waals surface area contributed by atoms with Gasteiger partial charge in [-0.1, -0.05) is 49.4 Å². The van der Waals surface area contributed by atoms with Gasteiger partial charge in [0.1, 0.15) is 5.75 Å². The SMILES string of the molecule is CC(C)Oc1cccc(C23CC(N)CC(C2)N(CCCc2ccccc2)CC3C)c1. The van der Waals surface area contributed by atoms with Gasteiger partial charge in [0.05, 0.1) is 6.10 Å². The molecule has 0 spiro atoms. The molecular weight excluding hydrogens is 368 g/mol. The highest BCUT2D eigenvalue weighted by Crippen LogP contribution is 2.50. The van der Waals surface area contributed by atoms with Crippen LogP contribution in [-0.4, -0.2) is 36.2 Å². The van der Waals surface area contributed by atoms with Crippen LogP contribution in [-0.2, 0) is 11.8 Å². The molecule has 2 bridgehead atoms. The Morgan fingerprint density at radius 2 is 1.90 bits per heavy atom. The van der Waals surface area contributed by atoms with E-state index in [9.17, 15) is 0 Å². The lowest BCUT2D eigenvalue weighted by atomic mass is 9.57. The van der Waals surface area contributed by atoms with E-state index < -0.39 is 0 Å². The van der Waals surface area contributed by atoms with Gasteiger partial charge < -0.3 is 10.5 Å². The molecule has 3 nitrogen and oxygen atoms in total. The highest BCUT2D eigenvalue weighted by Gasteiger charge is 2.50. The molecule has 4 unspecified atom stereocenters. The van der Waals surface area contributed by atoms with Crippen LogP contribution in [0.3, 0.4) is 0 Å². The fraction of sp³-hybridized carbons (Fsp3) is 0.556. The minimum Gasteiger partial charge on any atom is -0.491 e. The monoisotopic (exact) mass is 406 g/mol. The third-order valence-electron chi connectivity index (χ3n) is 7.30. The number of likely N-dealkylation sites (tertiary alicyclic amines) is 1. The minimum absolute atomic E-state index is 0.175. The van der Waals surface area contributed by atoms with Crippen LogP contribution in [0.25, 0.3) is 0 Å². The van der Waals surface area contributed by atoms with Crippen molar-refractivity contribution in [1.29, 1.82) is 0 Å². The van der Waals surface area contributed by atoms with Gasteiger partial charge in [0.25, 0.3) is 0 Å². The van der Waals surface area contributed by atoms with E-state index in [4.69, 9.17) is 10.5 Å². The molecule has 2 aromatic rings. The second-order valence-corrected chi connectivity index (χ2v) is 9.89. The lowest BCUT2D eigenvalue weighted by Crippen LogP contribution is -2.60. The van der Waals surface area contributed by atoms with Gasteiger partial charge >= 0.3 is 0 Å². The van der Waals surface area contributed by atoms with E-state index in [-0.39, 0.29) is 17.6 Å². The van der Waals surface area contributed by atoms with Gasteiger partial charge in [-0.3, -0.25) is 4.90 Å². The van der Waals surface area contributed by atoms with Crippen LogP contribution < -0.4 is 10.5 Å². The first-order valence-corrected chi connectivity index (χ1v) is 11.8. The summed E-state index contributed by atoms with van der Waals surface area (Å²) >= 11 is 0. The predicted octanol–water partition coefficient (Wildman–Crippen LogP) is 5.18. The summed E-state index contributed by atoms with van der Waals surface area (Å²) < 4.78 is 6.02. The Labute approximate surface area is 182 Å². The molecule has 1 aliphatic carbocycles. The molecule has 2 aliphatic rings. The number of piperidine rings is 1. The maximum atomic E-state index is 6.65. The summed E-state index contributed by atoms with van der Waals surface area (Å²) in [7, 11) is 0. The quantitative estimate of drug-likeness (QED) is 0.689. The third-order valence-corrected chi connectivity index (χ3v) is 7.30. The summed E-state index contributed by atoms with van der Waals surface area (Å²) in [5.74, 6) is 1.58. The average Bonchev–Trinajstić information content (AvgIpc) is 2.72. The highest BCUT2D eigenvalue weighted by atomic mass is 16.5. The first kappa shape index (κ1) is 21.4. The summed E-state index contributed by atoms with van der Waals surface area (Å²) in [6, 6.07) is 20.6. The summed E-state index contributed by atoms with van der Waals surface area (Å²) in [6.45, 7) is 8.96. The number of aryl methyl sites for hydroxylation is 1. The Morgan fingerprint density at radius 3 is 2.67 bits per heavy atom. The van der Waals surface area contributed by atoms with Crippen LogP contribution in [0.5, 0.6) is 5.75 Å². The van der Waals surface area contributed by atoms with Gasteiger partial charge in [0, 0.05) is 24.0 Å². The molecule has 30 heavy (non-hydrogen) atoms. The van der Waals surface area contributed by atoms with Crippen LogP contribution in [0, 0.1) is 5.92 Å². The Bertz CT molecular complexity index is 821. The smallest absolute Gasteiger partial charge is 0.119 e. The van der Waals surface area contributed by atoms with Gasteiger partial charge in [-0.15, -0.1) is 0 Å². The number of ether oxygens (including phenoxy) is 1. The summed E-state index contributed by atoms with van der Waals surface area (Å²) in [4.78, 5) is 2.74. The predicted molar refractivity (Wildman–Crippen MR) is 125 cm³/mol. The van der Waals surface area contributed by atoms with Crippen molar-refractivity contribution in [1.82, 2.24) is 4.90 Å². The molecule has 1 heterocycles. The lowest BCUT2D eigenvalue weighted by molar-refractivity contribution is 0.00187. The van der Waals surface area contributed by atoms with Crippen molar-refractivity contribution in [2.75, 3.05) is 13.1 Å². The molecule has 162 valence electrons. The molecule has 1 saturated carbocycles. The second kappa shape index (κ2) is 9.11. The van der Waals surface area contributed by atoms with E-state index >= 15 is 0 Å². The van der Waals surface area contributed by atoms with Gasteiger partial charge in [-0.25, -0.2) is 0 Å². The number of rotatable bonds is 7. The van der Waals surface area contributed by atoms with E-state index in [1.54, 1.807) is 0 Å². The number of nitrogens with zero attached hydrogens (tertiary/aromatic N) is 1. The Balaban J connectivity index is 1.49. The van der Waals surface area contributed by atoms with Crippen molar-refractivity contribution in [3.05, 3.63) is 65.7 Å². The van der Waals surface area contributed by atoms with E-state index in [1.807, 2.05) is 0 Å². The van der Waals surface area contributed by atoms with Crippen molar-refractivity contribution in [3.63, 3.8) is 0 Å². The first-order chi connectivity index (χ1) is 14.5. The standard InChI is InChI=1S/C27H38N2O/c1-20(2)30-26-13-7-12-23(15-26)27-17-24(28)16-25(18-27)29(19-21(27)3)14-8-11-22-9-5-4-6-10-22/h4-7,9-10,12-13,15,20-21,24-25H,8,11,14,16-19,28H2,1-3H3. The normalized spacial score (nSPS) is 29.2. The largest absolute Gasteiger partial charge is 0.491 e. The summed E-state index contributed by atoms with van der Waals surface area (Å²) in [5.41, 5.74) is 9.70. The zero-order valence-electron chi connectivity index (χ0n) is 18.9. The maximum absolute atomic E-state index is 6.65. The maximum Gasteiger partial charge on any atom is 0.119 e. The third kappa shape index (κ3) is 4.58. The van der Waals surface area contributed by atoms with Crippen molar-refractivity contribution in [3.8, 4) is 5.75 Å². The molecular formula is C27H38N2O. The molecule has 2 N–H and O–H groups in total. The molecule has 1 saturated heterocycles. The minimum atomic E-state index is 0.175. The van der Waals surface area contributed by atoms with E-state index in [0.717, 1.165) is 25.0 Å². The van der Waals surface area contributed by atoms with Crippen LogP contribution >= 0.6 is 0 Å². The zero-order valence-corrected chi connectivity index (χ0v) is 18.9. The van der Waals surface area contributed by atoms with Crippen molar-refractivity contribution in [2.24, 2.45) is 11.7 Å². The number of hydrogen-bond acceptors (Lipinski definition) is 3. The van der Waals surface area contributed by atoms with Gasteiger partial charge in [0.15, 0.2) is 0 Å². The molecule has 2 fully saturated rings. The number of fused-ring (bicyclic) bond motifs is 2. The number of benzene rings is 2. The van der Waals surface area contributed by atoms with Gasteiger partial charge in [-0.05, 0) is 81.7 Å². The zero-order chi connectivity index (χ0) is 21.1. The second-order valence-electron chi connectivity index (χ2n) is 9.89. The number of nitrogens with two attached hydrogens (primary N) is 1. The van der Waals surface area contributed by atoms with Crippen LogP contribution in [0.2, 0.25) is 0 Å². The van der Waals surface area contributed by atoms with Crippen molar-refractivity contribution >= 4 is 0 Å². The lowest BCUT2D eigenvalue weighted by Gasteiger charge is -2.56. The van der Waals surface area contributed by atoms with Gasteiger partial charge in [0.2, 0.25) is 0 Å². The first-order valence-electron chi connectivity index (χ1n) is 11.8. The Morgan fingerprint density at radius 1 is 1.10 bits per heavy atom. The summed E-state index contributed by atoms with van der Waals surface area (Å²) in [6.07, 6.45) is 6.01. The Hall–Kier alpha value is -1.84. The molecule has 0 aromatic heterocycles. The molecule has 3 heteroatoms. The number of hydrogen-bond donors (Lipinski definition) is 1. The van der Waals surface area contributed by atoms with Crippen molar-refractivity contribution < 1.29 is 4.74 Å². The topological polar surface area (TPSA) is 38.5 Å². The average molecular weight is 407 g/mol. The van der Waals surface area contributed by atoms with E-state index in [2.05, 4.69) is 80.3 Å². The molecule has 2 aromatic carbocycles. The van der Waals surface area contributed by atoms with E-state index in [0.29, 0.717) is 12.0 Å². The molecule has 4 atom stereocenters. The highest BCUT2D eigenvalue weighted by molar-refractivity contribution is 5.36. The molecule has 0 amide bonds. The Kier molecular flexibility index (Phi) is 6.50. The van der Waals surface area contributed by atoms with Gasteiger partial charge in [-0.2, -0.15) is 0 Å². The van der Waals surface area contributed by atoms with Crippen LogP contribution in [0.4, 0.5) is 0 Å². The van der Waals surface area contributed by atoms with E-state index in [1.165, 1.54) is 37.1 Å². The van der Waals surface area contributed by atoms with Crippen LogP contribution in [0.1, 0.15) is 57.6 Å². The van der Waals surface area contributed by atoms with Crippen molar-refractivity contribution in [2.45, 2.75) is 76.5 Å². The fourth-order valence-corrected chi connectivity index (χ4v) is 5.92. The molecule has 0 radical (unpaired) electrons. The molecule has 4 rings (SSSR count). The van der Waals surface area contributed by atoms with Crippen LogP contribution in [0.15, 0.2) is 54.6 Å². The molecule has 1 aliphatic heterocycles. The fourth-order valence-electron chi connectivity index (χ4n) is 5.92. The summed E-state index contributed by atoms with van der Waals surface area (Å²) in [5, 5.41) is 0.